The number of carboxylic acid groups (broad SMARTS) is 1. The predicted molar refractivity (Wildman–Crippen MR) is 86.1 cm³/mol. The van der Waals surface area contributed by atoms with E-state index in [1.165, 1.54) is 18.2 Å². The zero-order valence-corrected chi connectivity index (χ0v) is 14.2. The van der Waals surface area contributed by atoms with Gasteiger partial charge in [-0.15, -0.1) is 0 Å². The predicted octanol–water partition coefficient (Wildman–Crippen LogP) is 2.18. The minimum Gasteiger partial charge on any atom is -0.478 e. The average Bonchev–Trinajstić information content (AvgIpc) is 3.02. The summed E-state index contributed by atoms with van der Waals surface area (Å²) in [6, 6.07) is 4.11. The van der Waals surface area contributed by atoms with Gasteiger partial charge in [-0.25, -0.2) is 17.9 Å². The summed E-state index contributed by atoms with van der Waals surface area (Å²) in [7, 11) is -2.17. The molecule has 2 N–H and O–H groups in total. The summed E-state index contributed by atoms with van der Waals surface area (Å²) < 4.78 is 32.8. The lowest BCUT2D eigenvalue weighted by Gasteiger charge is -2.22. The molecule has 2 rings (SSSR count). The third-order valence-electron chi connectivity index (χ3n) is 4.45. The number of carbonyl (C=O) groups is 1. The fourth-order valence-corrected chi connectivity index (χ4v) is 4.12. The van der Waals surface area contributed by atoms with Crippen LogP contribution in [-0.4, -0.2) is 39.3 Å². The minimum atomic E-state index is -3.76. The number of sulfonamides is 1. The fraction of sp³-hybridized carbons (Fsp3) is 0.562. The molecule has 6 nitrogen and oxygen atoms in total. The van der Waals surface area contributed by atoms with Gasteiger partial charge in [-0.2, -0.15) is 0 Å². The van der Waals surface area contributed by atoms with Crippen LogP contribution in [0, 0.1) is 12.8 Å². The first-order valence-corrected chi connectivity index (χ1v) is 9.20. The Bertz CT molecular complexity index is 665. The highest BCUT2D eigenvalue weighted by molar-refractivity contribution is 7.89. The lowest BCUT2D eigenvalue weighted by atomic mass is 10.0. The first kappa shape index (κ1) is 17.9. The van der Waals surface area contributed by atoms with Crippen molar-refractivity contribution >= 4 is 16.0 Å². The van der Waals surface area contributed by atoms with Crippen molar-refractivity contribution in [2.45, 2.75) is 43.6 Å². The highest BCUT2D eigenvalue weighted by atomic mass is 32.2. The minimum absolute atomic E-state index is 0.00744. The number of hydrogen-bond acceptors (Lipinski definition) is 4. The van der Waals surface area contributed by atoms with Gasteiger partial charge in [0.25, 0.3) is 0 Å². The Balaban J connectivity index is 2.12. The van der Waals surface area contributed by atoms with Crippen molar-refractivity contribution in [2.24, 2.45) is 5.92 Å². The molecule has 0 bridgehead atoms. The highest BCUT2D eigenvalue weighted by Gasteiger charge is 2.27. The molecule has 1 aliphatic carbocycles. The maximum Gasteiger partial charge on any atom is 0.335 e. The van der Waals surface area contributed by atoms with Gasteiger partial charge in [0.2, 0.25) is 10.0 Å². The molecular formula is C16H23NO5S. The SMILES string of the molecule is COC(CNS(=O)(=O)c1ccc(C)c(C(=O)O)c1)C1CCCC1. The van der Waals surface area contributed by atoms with Crippen molar-refractivity contribution in [3.8, 4) is 0 Å². The average molecular weight is 341 g/mol. The van der Waals surface area contributed by atoms with E-state index in [9.17, 15) is 13.2 Å². The highest BCUT2D eigenvalue weighted by Crippen LogP contribution is 2.29. The molecule has 128 valence electrons. The zero-order valence-electron chi connectivity index (χ0n) is 13.4. The van der Waals surface area contributed by atoms with Crippen LogP contribution >= 0.6 is 0 Å². The molecule has 0 saturated heterocycles. The third-order valence-corrected chi connectivity index (χ3v) is 5.87. The van der Waals surface area contributed by atoms with Gasteiger partial charge >= 0.3 is 5.97 Å². The second kappa shape index (κ2) is 7.42. The van der Waals surface area contributed by atoms with Crippen LogP contribution in [0.1, 0.15) is 41.6 Å². The number of methoxy groups -OCH3 is 1. The van der Waals surface area contributed by atoms with Crippen molar-refractivity contribution in [3.63, 3.8) is 0 Å². The molecule has 23 heavy (non-hydrogen) atoms. The second-order valence-electron chi connectivity index (χ2n) is 5.95. The summed E-state index contributed by atoms with van der Waals surface area (Å²) in [6.07, 6.45) is 4.24. The molecule has 1 saturated carbocycles. The van der Waals surface area contributed by atoms with Crippen LogP contribution in [0.15, 0.2) is 23.1 Å². The molecule has 0 radical (unpaired) electrons. The van der Waals surface area contributed by atoms with Crippen LogP contribution in [0.5, 0.6) is 0 Å². The molecule has 1 atom stereocenters. The van der Waals surface area contributed by atoms with Crippen LogP contribution in [-0.2, 0) is 14.8 Å². The van der Waals surface area contributed by atoms with Gasteiger partial charge in [-0.1, -0.05) is 18.9 Å². The summed E-state index contributed by atoms with van der Waals surface area (Å²) in [5, 5.41) is 9.12. The maximum absolute atomic E-state index is 12.4. The van der Waals surface area contributed by atoms with E-state index in [2.05, 4.69) is 4.72 Å². The molecule has 7 heteroatoms. The molecule has 0 aliphatic heterocycles. The first-order chi connectivity index (χ1) is 10.8. The van der Waals surface area contributed by atoms with Gasteiger partial charge in [0, 0.05) is 13.7 Å². The van der Waals surface area contributed by atoms with E-state index >= 15 is 0 Å². The molecule has 0 aromatic heterocycles. The summed E-state index contributed by atoms with van der Waals surface area (Å²) in [5.41, 5.74) is 0.518. The fourth-order valence-electron chi connectivity index (χ4n) is 3.05. The largest absolute Gasteiger partial charge is 0.478 e. The van der Waals surface area contributed by atoms with Crippen LogP contribution < -0.4 is 4.72 Å². The van der Waals surface area contributed by atoms with E-state index in [1.807, 2.05) is 0 Å². The van der Waals surface area contributed by atoms with Gasteiger partial charge in [-0.05, 0) is 43.4 Å². The molecular weight excluding hydrogens is 318 g/mol. The Hall–Kier alpha value is -1.44. The van der Waals surface area contributed by atoms with E-state index in [0.29, 0.717) is 11.5 Å². The number of ether oxygens (including phenoxy) is 1. The Labute approximate surface area is 136 Å². The van der Waals surface area contributed by atoms with Crippen LogP contribution in [0.25, 0.3) is 0 Å². The Kier molecular flexibility index (Phi) is 5.78. The topological polar surface area (TPSA) is 92.7 Å². The van der Waals surface area contributed by atoms with Crippen LogP contribution in [0.2, 0.25) is 0 Å². The molecule has 0 spiro atoms. The molecule has 1 aliphatic rings. The molecule has 1 unspecified atom stereocenters. The van der Waals surface area contributed by atoms with Crippen LogP contribution in [0.3, 0.4) is 0 Å². The normalized spacial score (nSPS) is 17.3. The van der Waals surface area contributed by atoms with Gasteiger partial charge in [-0.3, -0.25) is 0 Å². The van der Waals surface area contributed by atoms with Crippen molar-refractivity contribution in [3.05, 3.63) is 29.3 Å². The first-order valence-electron chi connectivity index (χ1n) is 7.71. The van der Waals surface area contributed by atoms with Crippen LogP contribution in [0.4, 0.5) is 0 Å². The van der Waals surface area contributed by atoms with Crippen molar-refractivity contribution in [2.75, 3.05) is 13.7 Å². The standard InChI is InChI=1S/C16H23NO5S/c1-11-7-8-13(9-14(11)16(18)19)23(20,21)17-10-15(22-2)12-5-3-4-6-12/h7-9,12,15,17H,3-6,10H2,1-2H3,(H,18,19). The molecule has 1 aromatic carbocycles. The van der Waals surface area contributed by atoms with Gasteiger partial charge < -0.3 is 9.84 Å². The smallest absolute Gasteiger partial charge is 0.335 e. The third kappa shape index (κ3) is 4.31. The molecule has 1 aromatic rings. The number of aryl methyl sites for hydroxylation is 1. The molecule has 0 heterocycles. The van der Waals surface area contributed by atoms with Crippen molar-refractivity contribution < 1.29 is 23.1 Å². The van der Waals surface area contributed by atoms with E-state index in [0.717, 1.165) is 25.7 Å². The Morgan fingerprint density at radius 3 is 2.61 bits per heavy atom. The maximum atomic E-state index is 12.4. The number of benzene rings is 1. The van der Waals surface area contributed by atoms with E-state index in [-0.39, 0.29) is 23.1 Å². The summed E-state index contributed by atoms with van der Waals surface area (Å²) >= 11 is 0. The van der Waals surface area contributed by atoms with Crippen molar-refractivity contribution in [1.29, 1.82) is 0 Å². The van der Waals surface area contributed by atoms with E-state index < -0.39 is 16.0 Å². The number of nitrogens with one attached hydrogen (secondary N) is 1. The summed E-state index contributed by atoms with van der Waals surface area (Å²) in [6.45, 7) is 1.83. The number of aromatic carboxylic acids is 1. The van der Waals surface area contributed by atoms with Gasteiger partial charge in [0.1, 0.15) is 0 Å². The lowest BCUT2D eigenvalue weighted by molar-refractivity contribution is 0.0584. The van der Waals surface area contributed by atoms with Crippen molar-refractivity contribution in [1.82, 2.24) is 4.72 Å². The van der Waals surface area contributed by atoms with Gasteiger partial charge in [0.05, 0.1) is 16.6 Å². The monoisotopic (exact) mass is 341 g/mol. The summed E-state index contributed by atoms with van der Waals surface area (Å²) in [5.74, 6) is -0.768. The molecule has 0 amide bonds. The second-order valence-corrected chi connectivity index (χ2v) is 7.72. The quantitative estimate of drug-likeness (QED) is 0.793. The lowest BCUT2D eigenvalue weighted by Crippen LogP contribution is -2.36. The number of carboxylic acids is 1. The Morgan fingerprint density at radius 1 is 1.39 bits per heavy atom. The van der Waals surface area contributed by atoms with Gasteiger partial charge in [0.15, 0.2) is 0 Å². The van der Waals surface area contributed by atoms with E-state index in [4.69, 9.17) is 9.84 Å². The van der Waals surface area contributed by atoms with E-state index in [1.54, 1.807) is 14.0 Å². The Morgan fingerprint density at radius 2 is 2.04 bits per heavy atom. The number of rotatable bonds is 7. The molecule has 1 fully saturated rings. The summed E-state index contributed by atoms with van der Waals surface area (Å²) in [4.78, 5) is 11.1. The number of hydrogen-bond donors (Lipinski definition) is 2. The zero-order chi connectivity index (χ0) is 17.0.